The molecule has 1 aromatic carbocycles. The van der Waals surface area contributed by atoms with E-state index in [2.05, 4.69) is 62.6 Å². The Kier molecular flexibility index (Phi) is 5.03. The molecule has 1 heterocycles. The standard InChI is InChI=1S/C20H28N4/c1-5-14(4)21-20-22-17(16-10-11-16)12-18(24-20)23-19-13(3)8-7-9-15(19)6-2/h7-9,12,14,16H,5-6,10-11H2,1-4H3,(H2,21,22,23,24)/t14-/m0/s1. The zero-order valence-electron chi connectivity index (χ0n) is 15.2. The van der Waals surface area contributed by atoms with Crippen LogP contribution in [-0.2, 0) is 6.42 Å². The third kappa shape index (κ3) is 3.86. The zero-order chi connectivity index (χ0) is 17.1. The van der Waals surface area contributed by atoms with Crippen LogP contribution in [0.25, 0.3) is 0 Å². The van der Waals surface area contributed by atoms with E-state index in [0.29, 0.717) is 12.0 Å². The number of benzene rings is 1. The van der Waals surface area contributed by atoms with Crippen LogP contribution < -0.4 is 10.6 Å². The molecule has 4 heteroatoms. The lowest BCUT2D eigenvalue weighted by molar-refractivity contribution is 0.750. The lowest BCUT2D eigenvalue weighted by atomic mass is 10.1. The van der Waals surface area contributed by atoms with Crippen LogP contribution in [-0.4, -0.2) is 16.0 Å². The predicted octanol–water partition coefficient (Wildman–Crippen LogP) is 5.18. The number of rotatable bonds is 7. The molecule has 24 heavy (non-hydrogen) atoms. The molecule has 0 bridgehead atoms. The maximum atomic E-state index is 4.73. The predicted molar refractivity (Wildman–Crippen MR) is 101 cm³/mol. The minimum Gasteiger partial charge on any atom is -0.352 e. The van der Waals surface area contributed by atoms with Crippen LogP contribution in [0.3, 0.4) is 0 Å². The van der Waals surface area contributed by atoms with Crippen LogP contribution >= 0.6 is 0 Å². The summed E-state index contributed by atoms with van der Waals surface area (Å²) in [5.41, 5.74) is 4.90. The van der Waals surface area contributed by atoms with Crippen LogP contribution in [0.15, 0.2) is 24.3 Å². The molecule has 4 nitrogen and oxygen atoms in total. The molecule has 1 aromatic heterocycles. The highest BCUT2D eigenvalue weighted by atomic mass is 15.2. The van der Waals surface area contributed by atoms with Crippen molar-refractivity contribution in [3.63, 3.8) is 0 Å². The van der Waals surface area contributed by atoms with Gasteiger partial charge in [0.1, 0.15) is 5.82 Å². The van der Waals surface area contributed by atoms with Gasteiger partial charge in [0.2, 0.25) is 5.95 Å². The monoisotopic (exact) mass is 324 g/mol. The summed E-state index contributed by atoms with van der Waals surface area (Å²) in [6.45, 7) is 8.66. The highest BCUT2D eigenvalue weighted by Crippen LogP contribution is 2.40. The average Bonchev–Trinajstić information content (AvgIpc) is 3.41. The van der Waals surface area contributed by atoms with Gasteiger partial charge in [-0.2, -0.15) is 4.98 Å². The van der Waals surface area contributed by atoms with Gasteiger partial charge in [0.15, 0.2) is 0 Å². The third-order valence-electron chi connectivity index (χ3n) is 4.72. The molecule has 1 aliphatic carbocycles. The van der Waals surface area contributed by atoms with Crippen LogP contribution in [0.2, 0.25) is 0 Å². The Morgan fingerprint density at radius 1 is 1.21 bits per heavy atom. The van der Waals surface area contributed by atoms with Crippen molar-refractivity contribution in [2.75, 3.05) is 10.6 Å². The van der Waals surface area contributed by atoms with Gasteiger partial charge in [-0.3, -0.25) is 0 Å². The Morgan fingerprint density at radius 2 is 2.00 bits per heavy atom. The number of nitrogens with zero attached hydrogens (tertiary/aromatic N) is 2. The Hall–Kier alpha value is -2.10. The molecule has 0 spiro atoms. The van der Waals surface area contributed by atoms with Crippen molar-refractivity contribution in [2.24, 2.45) is 0 Å². The van der Waals surface area contributed by atoms with Gasteiger partial charge in [-0.05, 0) is 50.7 Å². The normalized spacial score (nSPS) is 15.2. The second-order valence-corrected chi connectivity index (χ2v) is 6.82. The molecule has 3 rings (SSSR count). The van der Waals surface area contributed by atoms with Gasteiger partial charge >= 0.3 is 0 Å². The molecule has 0 aliphatic heterocycles. The first-order valence-corrected chi connectivity index (χ1v) is 9.11. The third-order valence-corrected chi connectivity index (χ3v) is 4.72. The summed E-state index contributed by atoms with van der Waals surface area (Å²) in [5.74, 6) is 2.23. The second-order valence-electron chi connectivity index (χ2n) is 6.82. The number of hydrogen-bond donors (Lipinski definition) is 2. The van der Waals surface area contributed by atoms with E-state index in [4.69, 9.17) is 9.97 Å². The Morgan fingerprint density at radius 3 is 2.67 bits per heavy atom. The van der Waals surface area contributed by atoms with E-state index in [9.17, 15) is 0 Å². The summed E-state index contributed by atoms with van der Waals surface area (Å²) in [7, 11) is 0. The molecule has 0 amide bonds. The molecular weight excluding hydrogens is 296 g/mol. The minimum absolute atomic E-state index is 0.372. The van der Waals surface area contributed by atoms with Crippen molar-refractivity contribution in [3.8, 4) is 0 Å². The molecule has 0 saturated heterocycles. The average molecular weight is 324 g/mol. The first-order valence-electron chi connectivity index (χ1n) is 9.11. The van der Waals surface area contributed by atoms with Gasteiger partial charge in [0, 0.05) is 23.7 Å². The number of hydrogen-bond acceptors (Lipinski definition) is 4. The minimum atomic E-state index is 0.372. The highest BCUT2D eigenvalue weighted by molar-refractivity contribution is 5.65. The largest absolute Gasteiger partial charge is 0.352 e. The maximum absolute atomic E-state index is 4.73. The summed E-state index contributed by atoms with van der Waals surface area (Å²) in [5, 5.41) is 6.98. The lowest BCUT2D eigenvalue weighted by Crippen LogP contribution is -2.16. The van der Waals surface area contributed by atoms with E-state index in [1.807, 2.05) is 0 Å². The summed E-state index contributed by atoms with van der Waals surface area (Å²) >= 11 is 0. The van der Waals surface area contributed by atoms with Crippen molar-refractivity contribution in [1.82, 2.24) is 9.97 Å². The van der Waals surface area contributed by atoms with Crippen molar-refractivity contribution < 1.29 is 0 Å². The fraction of sp³-hybridized carbons (Fsp3) is 0.500. The van der Waals surface area contributed by atoms with Crippen molar-refractivity contribution in [2.45, 2.75) is 65.3 Å². The first-order chi connectivity index (χ1) is 11.6. The molecule has 0 radical (unpaired) electrons. The number of anilines is 3. The molecule has 2 N–H and O–H groups in total. The quantitative estimate of drug-likeness (QED) is 0.737. The van der Waals surface area contributed by atoms with E-state index >= 15 is 0 Å². The van der Waals surface area contributed by atoms with Crippen LogP contribution in [0, 0.1) is 6.92 Å². The molecule has 128 valence electrons. The van der Waals surface area contributed by atoms with Gasteiger partial charge in [0.25, 0.3) is 0 Å². The fourth-order valence-electron chi connectivity index (χ4n) is 2.84. The molecule has 1 fully saturated rings. The van der Waals surface area contributed by atoms with Crippen molar-refractivity contribution in [1.29, 1.82) is 0 Å². The number of para-hydroxylation sites is 1. The van der Waals surface area contributed by atoms with Gasteiger partial charge in [-0.1, -0.05) is 32.0 Å². The maximum Gasteiger partial charge on any atom is 0.225 e. The topological polar surface area (TPSA) is 49.8 Å². The fourth-order valence-corrected chi connectivity index (χ4v) is 2.84. The Bertz CT molecular complexity index is 707. The summed E-state index contributed by atoms with van der Waals surface area (Å²) in [4.78, 5) is 9.44. The van der Waals surface area contributed by atoms with Gasteiger partial charge in [-0.25, -0.2) is 4.98 Å². The lowest BCUT2D eigenvalue weighted by Gasteiger charge is -2.17. The Labute approximate surface area is 145 Å². The molecular formula is C20H28N4. The van der Waals surface area contributed by atoms with Crippen LogP contribution in [0.5, 0.6) is 0 Å². The number of aromatic nitrogens is 2. The molecule has 1 aliphatic rings. The van der Waals surface area contributed by atoms with E-state index in [1.165, 1.54) is 29.7 Å². The number of aryl methyl sites for hydroxylation is 2. The first kappa shape index (κ1) is 16.7. The summed E-state index contributed by atoms with van der Waals surface area (Å²) in [6, 6.07) is 8.92. The van der Waals surface area contributed by atoms with Crippen molar-refractivity contribution in [3.05, 3.63) is 41.1 Å². The molecule has 1 saturated carbocycles. The SMILES string of the molecule is CCc1cccc(C)c1Nc1cc(C2CC2)nc(N[C@@H](C)CC)n1. The van der Waals surface area contributed by atoms with E-state index < -0.39 is 0 Å². The zero-order valence-corrected chi connectivity index (χ0v) is 15.2. The van der Waals surface area contributed by atoms with Crippen LogP contribution in [0.1, 0.15) is 62.8 Å². The number of nitrogens with one attached hydrogen (secondary N) is 2. The molecule has 1 atom stereocenters. The van der Waals surface area contributed by atoms with E-state index in [0.717, 1.165) is 30.3 Å². The van der Waals surface area contributed by atoms with E-state index in [-0.39, 0.29) is 0 Å². The smallest absolute Gasteiger partial charge is 0.225 e. The van der Waals surface area contributed by atoms with E-state index in [1.54, 1.807) is 0 Å². The molecule has 0 unspecified atom stereocenters. The van der Waals surface area contributed by atoms with Gasteiger partial charge < -0.3 is 10.6 Å². The second kappa shape index (κ2) is 7.20. The highest BCUT2D eigenvalue weighted by Gasteiger charge is 2.26. The summed E-state index contributed by atoms with van der Waals surface area (Å²) in [6.07, 6.45) is 4.54. The summed E-state index contributed by atoms with van der Waals surface area (Å²) < 4.78 is 0. The van der Waals surface area contributed by atoms with Crippen LogP contribution in [0.4, 0.5) is 17.5 Å². The Balaban J connectivity index is 1.92. The molecule has 2 aromatic rings. The van der Waals surface area contributed by atoms with Gasteiger partial charge in [-0.15, -0.1) is 0 Å². The van der Waals surface area contributed by atoms with Crippen molar-refractivity contribution >= 4 is 17.5 Å². The van der Waals surface area contributed by atoms with Gasteiger partial charge in [0.05, 0.1) is 5.69 Å².